The Hall–Kier alpha value is -3.84. The molecular weight excluding hydrogens is 459 g/mol. The highest BCUT2D eigenvalue weighted by molar-refractivity contribution is 5.97. The molecule has 3 aromatic carbocycles. The first kappa shape index (κ1) is 23.9. The number of hydrogen-bond acceptors (Lipinski definition) is 5. The van der Waals surface area contributed by atoms with Gasteiger partial charge in [-0.15, -0.1) is 0 Å². The fourth-order valence-electron chi connectivity index (χ4n) is 4.85. The summed E-state index contributed by atoms with van der Waals surface area (Å²) >= 11 is 0. The van der Waals surface area contributed by atoms with Gasteiger partial charge < -0.3 is 20.3 Å². The second-order valence-corrected chi connectivity index (χ2v) is 9.36. The van der Waals surface area contributed by atoms with Crippen molar-refractivity contribution in [2.75, 3.05) is 32.9 Å². The van der Waals surface area contributed by atoms with Crippen LogP contribution in [0.1, 0.15) is 40.1 Å². The van der Waals surface area contributed by atoms with Gasteiger partial charge in [0.15, 0.2) is 0 Å². The van der Waals surface area contributed by atoms with Crippen molar-refractivity contribution in [1.82, 2.24) is 4.90 Å². The third-order valence-corrected chi connectivity index (χ3v) is 6.87. The summed E-state index contributed by atoms with van der Waals surface area (Å²) in [6.07, 6.45) is -0.394. The van der Waals surface area contributed by atoms with Crippen LogP contribution in [-0.2, 0) is 0 Å². The van der Waals surface area contributed by atoms with Gasteiger partial charge in [0, 0.05) is 42.3 Å². The molecule has 3 N–H and O–H groups in total. The highest BCUT2D eigenvalue weighted by Gasteiger charge is 2.30. The summed E-state index contributed by atoms with van der Waals surface area (Å²) in [4.78, 5) is 13.7. The largest absolute Gasteiger partial charge is 0.508 e. The van der Waals surface area contributed by atoms with Gasteiger partial charge in [-0.1, -0.05) is 24.3 Å². The lowest BCUT2D eigenvalue weighted by atomic mass is 9.86. The molecule has 1 amide bonds. The van der Waals surface area contributed by atoms with Gasteiger partial charge >= 0.3 is 0 Å². The van der Waals surface area contributed by atoms with Crippen LogP contribution in [0.5, 0.6) is 17.2 Å². The maximum absolute atomic E-state index is 12.6. The lowest BCUT2D eigenvalue weighted by Gasteiger charge is -2.37. The minimum Gasteiger partial charge on any atom is -0.508 e. The smallest absolute Gasteiger partial charge is 0.248 e. The van der Waals surface area contributed by atoms with Crippen LogP contribution in [0.3, 0.4) is 0 Å². The Morgan fingerprint density at radius 3 is 2.50 bits per heavy atom. The first-order chi connectivity index (χ1) is 17.4. The van der Waals surface area contributed by atoms with Crippen LogP contribution in [0.4, 0.5) is 4.39 Å². The minimum absolute atomic E-state index is 0.165. The highest BCUT2D eigenvalue weighted by atomic mass is 19.1. The zero-order valence-corrected chi connectivity index (χ0v) is 20.1. The number of rotatable bonds is 8. The number of halogens is 1. The number of likely N-dealkylation sites (tertiary alicyclic amines) is 1. The zero-order chi connectivity index (χ0) is 25.2. The molecule has 0 saturated carbocycles. The van der Waals surface area contributed by atoms with Crippen molar-refractivity contribution in [2.24, 2.45) is 11.7 Å². The van der Waals surface area contributed by atoms with E-state index in [9.17, 15) is 14.3 Å². The monoisotopic (exact) mass is 488 g/mol. The van der Waals surface area contributed by atoms with Crippen LogP contribution in [0.25, 0.3) is 11.1 Å². The topological polar surface area (TPSA) is 85.0 Å². The molecule has 36 heavy (non-hydrogen) atoms. The molecule has 2 aliphatic heterocycles. The lowest BCUT2D eigenvalue weighted by molar-refractivity contribution is 0.0668. The Labute approximate surface area is 209 Å². The number of carbonyl (C=O) groups excluding carboxylic acids is 1. The number of hydrogen-bond donors (Lipinski definition) is 2. The van der Waals surface area contributed by atoms with Crippen molar-refractivity contribution in [3.05, 3.63) is 89.0 Å². The molecule has 0 aliphatic carbocycles. The number of phenolic OH excluding ortho intramolecular Hbond substituents is 1. The van der Waals surface area contributed by atoms with E-state index in [2.05, 4.69) is 4.90 Å². The van der Waals surface area contributed by atoms with Gasteiger partial charge in [0.25, 0.3) is 0 Å². The van der Waals surface area contributed by atoms with E-state index in [4.69, 9.17) is 15.2 Å². The van der Waals surface area contributed by atoms with E-state index in [1.54, 1.807) is 30.3 Å². The van der Waals surface area contributed by atoms with Gasteiger partial charge in [0.2, 0.25) is 5.91 Å². The summed E-state index contributed by atoms with van der Waals surface area (Å²) in [5, 5.41) is 10.1. The molecule has 0 radical (unpaired) electrons. The fraction of sp³-hybridized carbons (Fsp3) is 0.276. The standard InChI is InChI=1S/C29H29FN2O4/c1-18-25-14-23(33)8-11-26(25)36-28(27(18)20-2-4-22(5-3-20)29(31)34)21-6-9-24(10-7-21)35-13-12-32-16-19(15-30)17-32/h2-11,14,19,28,33H,12-13,15-17H2,1H3,(H2,31,34)/t28-/m1/s1. The molecular formula is C29H29FN2O4. The normalized spacial score (nSPS) is 17.8. The Kier molecular flexibility index (Phi) is 6.65. The number of amides is 1. The average Bonchev–Trinajstić information content (AvgIpc) is 2.86. The molecule has 0 unspecified atom stereocenters. The van der Waals surface area contributed by atoms with E-state index >= 15 is 0 Å². The number of aromatic hydroxyl groups is 1. The van der Waals surface area contributed by atoms with E-state index < -0.39 is 12.0 Å². The molecule has 7 heteroatoms. The molecule has 1 fully saturated rings. The van der Waals surface area contributed by atoms with Gasteiger partial charge in [0.05, 0.1) is 6.67 Å². The van der Waals surface area contributed by atoms with E-state index in [1.165, 1.54) is 0 Å². The number of alkyl halides is 1. The molecule has 1 atom stereocenters. The first-order valence-electron chi connectivity index (χ1n) is 12.0. The Bertz CT molecular complexity index is 1280. The quantitative estimate of drug-likeness (QED) is 0.474. The Morgan fingerprint density at radius 1 is 1.11 bits per heavy atom. The third kappa shape index (κ3) is 4.79. The number of fused-ring (bicyclic) bond motifs is 1. The molecule has 6 nitrogen and oxygen atoms in total. The molecule has 3 aromatic rings. The number of allylic oxidation sites excluding steroid dienone is 1. The highest BCUT2D eigenvalue weighted by Crippen LogP contribution is 2.47. The van der Waals surface area contributed by atoms with Gasteiger partial charge in [-0.25, -0.2) is 0 Å². The first-order valence-corrected chi connectivity index (χ1v) is 12.0. The number of benzene rings is 3. The second kappa shape index (κ2) is 10.0. The predicted octanol–water partition coefficient (Wildman–Crippen LogP) is 4.84. The van der Waals surface area contributed by atoms with Crippen LogP contribution in [-0.4, -0.2) is 48.8 Å². The van der Waals surface area contributed by atoms with E-state index in [0.29, 0.717) is 17.9 Å². The minimum atomic E-state index is -0.481. The van der Waals surface area contributed by atoms with Crippen molar-refractivity contribution >= 4 is 17.1 Å². The molecule has 2 aliphatic rings. The summed E-state index contributed by atoms with van der Waals surface area (Å²) in [7, 11) is 0. The summed E-state index contributed by atoms with van der Waals surface area (Å²) in [5.74, 6) is 1.31. The summed E-state index contributed by atoms with van der Waals surface area (Å²) in [6, 6.07) is 20.0. The van der Waals surface area contributed by atoms with Crippen LogP contribution in [0.2, 0.25) is 0 Å². The van der Waals surface area contributed by atoms with Gasteiger partial charge in [-0.2, -0.15) is 0 Å². The number of primary amides is 1. The maximum Gasteiger partial charge on any atom is 0.248 e. The van der Waals surface area contributed by atoms with Crippen molar-refractivity contribution < 1.29 is 23.8 Å². The summed E-state index contributed by atoms with van der Waals surface area (Å²) in [5.41, 5.74) is 10.4. The maximum atomic E-state index is 12.6. The number of phenols is 1. The molecule has 186 valence electrons. The third-order valence-electron chi connectivity index (χ3n) is 6.87. The molecule has 0 aromatic heterocycles. The van der Waals surface area contributed by atoms with Gasteiger partial charge in [-0.05, 0) is 66.1 Å². The number of nitrogens with zero attached hydrogens (tertiary/aromatic N) is 1. The predicted molar refractivity (Wildman–Crippen MR) is 137 cm³/mol. The van der Waals surface area contributed by atoms with Crippen LogP contribution < -0.4 is 15.2 Å². The molecule has 0 bridgehead atoms. The molecule has 1 saturated heterocycles. The molecule has 0 spiro atoms. The van der Waals surface area contributed by atoms with E-state index in [0.717, 1.165) is 53.2 Å². The summed E-state index contributed by atoms with van der Waals surface area (Å²) < 4.78 is 24.9. The molecule has 5 rings (SSSR count). The van der Waals surface area contributed by atoms with Crippen molar-refractivity contribution in [1.29, 1.82) is 0 Å². The number of ether oxygens (including phenoxy) is 2. The van der Waals surface area contributed by atoms with Crippen molar-refractivity contribution in [3.63, 3.8) is 0 Å². The van der Waals surface area contributed by atoms with Crippen molar-refractivity contribution in [2.45, 2.75) is 13.0 Å². The molecule has 2 heterocycles. The van der Waals surface area contributed by atoms with Crippen molar-refractivity contribution in [3.8, 4) is 17.2 Å². The fourth-order valence-corrected chi connectivity index (χ4v) is 4.85. The van der Waals surface area contributed by atoms with E-state index in [-0.39, 0.29) is 18.3 Å². The Morgan fingerprint density at radius 2 is 1.83 bits per heavy atom. The van der Waals surface area contributed by atoms with E-state index in [1.807, 2.05) is 43.3 Å². The van der Waals surface area contributed by atoms with Gasteiger partial charge in [-0.3, -0.25) is 14.1 Å². The van der Waals surface area contributed by atoms with Crippen LogP contribution in [0, 0.1) is 5.92 Å². The Balaban J connectivity index is 1.39. The second-order valence-electron chi connectivity index (χ2n) is 9.36. The van der Waals surface area contributed by atoms with Gasteiger partial charge in [0.1, 0.15) is 30.0 Å². The SMILES string of the molecule is CC1=C(c2ccc(C(N)=O)cc2)[C@@H](c2ccc(OCCN3CC(CF)C3)cc2)Oc2ccc(O)cc21. The van der Waals surface area contributed by atoms with Crippen LogP contribution >= 0.6 is 0 Å². The van der Waals surface area contributed by atoms with Crippen LogP contribution in [0.15, 0.2) is 66.7 Å². The number of carbonyl (C=O) groups is 1. The summed E-state index contributed by atoms with van der Waals surface area (Å²) in [6.45, 7) is 4.68. The average molecular weight is 489 g/mol. The zero-order valence-electron chi connectivity index (χ0n) is 20.1. The number of nitrogens with two attached hydrogens (primary N) is 1. The lowest BCUT2D eigenvalue weighted by Crippen LogP contribution is -2.49.